The van der Waals surface area contributed by atoms with Crippen molar-refractivity contribution in [3.63, 3.8) is 0 Å². The number of carbonyl (C=O) groups excluding carboxylic acids is 2. The molecular formula is C41H72NO8P. The summed E-state index contributed by atoms with van der Waals surface area (Å²) in [5.74, 6) is -0.893. The molecule has 0 aliphatic rings. The van der Waals surface area contributed by atoms with Crippen LogP contribution in [-0.2, 0) is 32.7 Å². The van der Waals surface area contributed by atoms with Crippen molar-refractivity contribution < 1.29 is 37.6 Å². The van der Waals surface area contributed by atoms with Gasteiger partial charge in [0.15, 0.2) is 6.10 Å². The molecule has 51 heavy (non-hydrogen) atoms. The number of phosphoric ester groups is 1. The fraction of sp³-hybridized carbons (Fsp3) is 0.707. The number of carbonyl (C=O) groups is 2. The Morgan fingerprint density at radius 3 is 1.67 bits per heavy atom. The molecule has 0 saturated heterocycles. The topological polar surface area (TPSA) is 134 Å². The third-order valence-electron chi connectivity index (χ3n) is 7.89. The Labute approximate surface area is 310 Å². The van der Waals surface area contributed by atoms with Crippen LogP contribution in [0.3, 0.4) is 0 Å². The summed E-state index contributed by atoms with van der Waals surface area (Å²) in [6, 6.07) is 0. The molecule has 0 heterocycles. The lowest BCUT2D eigenvalue weighted by molar-refractivity contribution is -0.161. The number of hydrogen-bond acceptors (Lipinski definition) is 8. The molecule has 2 atom stereocenters. The normalized spacial score (nSPS) is 14.0. The SMILES string of the molecule is CC/C=C\C/C=C\C/C=C\C/C=C\CCCCC(=O)O[C@H](COC(=O)CCCCCCC/C=C\CCCCCCCC)COP(=O)(O)OCCN. The van der Waals surface area contributed by atoms with Crippen LogP contribution in [-0.4, -0.2) is 49.3 Å². The summed E-state index contributed by atoms with van der Waals surface area (Å²) in [5.41, 5.74) is 5.33. The molecular weight excluding hydrogens is 665 g/mol. The maximum Gasteiger partial charge on any atom is 0.472 e. The Bertz CT molecular complexity index is 1020. The monoisotopic (exact) mass is 737 g/mol. The van der Waals surface area contributed by atoms with E-state index in [0.29, 0.717) is 12.8 Å². The van der Waals surface area contributed by atoms with Gasteiger partial charge in [0, 0.05) is 19.4 Å². The van der Waals surface area contributed by atoms with E-state index in [0.717, 1.165) is 70.6 Å². The van der Waals surface area contributed by atoms with Crippen molar-refractivity contribution in [3.8, 4) is 0 Å². The first-order chi connectivity index (χ1) is 24.8. The molecule has 0 aromatic heterocycles. The second-order valence-corrected chi connectivity index (χ2v) is 14.2. The van der Waals surface area contributed by atoms with Crippen molar-refractivity contribution in [3.05, 3.63) is 60.8 Å². The number of unbranched alkanes of at least 4 members (excludes halogenated alkanes) is 13. The molecule has 9 nitrogen and oxygen atoms in total. The molecule has 0 fully saturated rings. The van der Waals surface area contributed by atoms with Crippen LogP contribution in [0.1, 0.15) is 155 Å². The molecule has 0 rings (SSSR count). The number of phosphoric acid groups is 1. The van der Waals surface area contributed by atoms with Crippen LogP contribution in [0.4, 0.5) is 0 Å². The predicted octanol–water partition coefficient (Wildman–Crippen LogP) is 10.9. The number of ether oxygens (including phenoxy) is 2. The van der Waals surface area contributed by atoms with E-state index in [2.05, 4.69) is 74.6 Å². The van der Waals surface area contributed by atoms with E-state index >= 15 is 0 Å². The van der Waals surface area contributed by atoms with Gasteiger partial charge >= 0.3 is 19.8 Å². The van der Waals surface area contributed by atoms with Gasteiger partial charge in [-0.3, -0.25) is 18.6 Å². The van der Waals surface area contributed by atoms with Crippen LogP contribution in [0.15, 0.2) is 60.8 Å². The maximum absolute atomic E-state index is 12.5. The highest BCUT2D eigenvalue weighted by molar-refractivity contribution is 7.47. The first-order valence-electron chi connectivity index (χ1n) is 19.8. The Balaban J connectivity index is 4.30. The van der Waals surface area contributed by atoms with Crippen molar-refractivity contribution in [1.29, 1.82) is 0 Å². The number of allylic oxidation sites excluding steroid dienone is 10. The fourth-order valence-electron chi connectivity index (χ4n) is 4.97. The van der Waals surface area contributed by atoms with Crippen molar-refractivity contribution in [2.45, 2.75) is 161 Å². The zero-order chi connectivity index (χ0) is 37.5. The van der Waals surface area contributed by atoms with Gasteiger partial charge in [-0.15, -0.1) is 0 Å². The molecule has 0 saturated carbocycles. The first kappa shape index (κ1) is 48.7. The van der Waals surface area contributed by atoms with Crippen molar-refractivity contribution in [2.24, 2.45) is 5.73 Å². The molecule has 0 aliphatic heterocycles. The number of rotatable bonds is 36. The number of hydrogen-bond donors (Lipinski definition) is 2. The molecule has 10 heteroatoms. The molecule has 0 aliphatic carbocycles. The highest BCUT2D eigenvalue weighted by atomic mass is 31.2. The van der Waals surface area contributed by atoms with Crippen LogP contribution in [0.2, 0.25) is 0 Å². The van der Waals surface area contributed by atoms with E-state index in [1.54, 1.807) is 0 Å². The Morgan fingerprint density at radius 1 is 0.608 bits per heavy atom. The molecule has 0 amide bonds. The first-order valence-corrected chi connectivity index (χ1v) is 21.3. The van der Waals surface area contributed by atoms with Gasteiger partial charge in [0.2, 0.25) is 0 Å². The minimum absolute atomic E-state index is 0.0429. The number of nitrogens with two attached hydrogens (primary N) is 1. The van der Waals surface area contributed by atoms with E-state index in [-0.39, 0.29) is 32.6 Å². The summed E-state index contributed by atoms with van der Waals surface area (Å²) in [5, 5.41) is 0. The lowest BCUT2D eigenvalue weighted by Gasteiger charge is -2.19. The second-order valence-electron chi connectivity index (χ2n) is 12.8. The lowest BCUT2D eigenvalue weighted by Crippen LogP contribution is -2.29. The molecule has 0 spiro atoms. The molecule has 3 N–H and O–H groups in total. The predicted molar refractivity (Wildman–Crippen MR) is 210 cm³/mol. The third kappa shape index (κ3) is 37.3. The van der Waals surface area contributed by atoms with Gasteiger partial charge in [-0.25, -0.2) is 4.57 Å². The highest BCUT2D eigenvalue weighted by Gasteiger charge is 2.25. The summed E-state index contributed by atoms with van der Waals surface area (Å²) >= 11 is 0. The Morgan fingerprint density at radius 2 is 1.08 bits per heavy atom. The van der Waals surface area contributed by atoms with E-state index in [9.17, 15) is 19.0 Å². The lowest BCUT2D eigenvalue weighted by atomic mass is 10.1. The Kier molecular flexibility index (Phi) is 35.8. The van der Waals surface area contributed by atoms with Crippen LogP contribution in [0.25, 0.3) is 0 Å². The van der Waals surface area contributed by atoms with Crippen LogP contribution in [0.5, 0.6) is 0 Å². The maximum atomic E-state index is 12.5. The van der Waals surface area contributed by atoms with E-state index in [1.165, 1.54) is 44.9 Å². The van der Waals surface area contributed by atoms with Gasteiger partial charge in [0.05, 0.1) is 13.2 Å². The molecule has 0 aromatic carbocycles. The van der Waals surface area contributed by atoms with Gasteiger partial charge < -0.3 is 20.1 Å². The molecule has 1 unspecified atom stereocenters. The summed E-state index contributed by atoms with van der Waals surface area (Å²) < 4.78 is 32.6. The summed E-state index contributed by atoms with van der Waals surface area (Å²) in [6.07, 6.45) is 42.5. The van der Waals surface area contributed by atoms with Crippen LogP contribution < -0.4 is 5.73 Å². The molecule has 0 bridgehead atoms. The fourth-order valence-corrected chi connectivity index (χ4v) is 5.74. The van der Waals surface area contributed by atoms with Crippen LogP contribution in [0, 0.1) is 0 Å². The van der Waals surface area contributed by atoms with Gasteiger partial charge in [-0.05, 0) is 77.0 Å². The summed E-state index contributed by atoms with van der Waals surface area (Å²) in [7, 11) is -4.39. The van der Waals surface area contributed by atoms with Crippen molar-refractivity contribution in [1.82, 2.24) is 0 Å². The summed E-state index contributed by atoms with van der Waals surface area (Å²) in [4.78, 5) is 34.7. The van der Waals surface area contributed by atoms with Gasteiger partial charge in [0.1, 0.15) is 6.61 Å². The average Bonchev–Trinajstić information content (AvgIpc) is 3.11. The highest BCUT2D eigenvalue weighted by Crippen LogP contribution is 2.43. The van der Waals surface area contributed by atoms with Crippen molar-refractivity contribution in [2.75, 3.05) is 26.4 Å². The molecule has 0 radical (unpaired) electrons. The standard InChI is InChI=1S/C41H72NO8P/c1-3-5-7-9-11-13-15-17-19-21-23-25-27-29-31-33-40(43)47-37-39(38-49-51(45,46)48-36-35-42)50-41(44)34-32-30-28-26-24-22-20-18-16-14-12-10-8-6-4-2/h6,8,12,14,17-20,24,26,39H,3-5,7,9-11,13,15-16,21-23,25,27-38,42H2,1-2H3,(H,45,46)/b8-6-,14-12-,19-17-,20-18-,26-24-/t39-/m1/s1. The van der Waals surface area contributed by atoms with Gasteiger partial charge in [-0.1, -0.05) is 126 Å². The zero-order valence-corrected chi connectivity index (χ0v) is 33.0. The quantitative estimate of drug-likeness (QED) is 0.0279. The summed E-state index contributed by atoms with van der Waals surface area (Å²) in [6.45, 7) is 3.53. The van der Waals surface area contributed by atoms with Crippen LogP contribution >= 0.6 is 7.82 Å². The average molecular weight is 738 g/mol. The largest absolute Gasteiger partial charge is 0.472 e. The number of esters is 2. The molecule has 294 valence electrons. The Hall–Kier alpha value is -2.29. The minimum atomic E-state index is -4.39. The minimum Gasteiger partial charge on any atom is -0.462 e. The smallest absolute Gasteiger partial charge is 0.462 e. The van der Waals surface area contributed by atoms with E-state index < -0.39 is 32.5 Å². The third-order valence-corrected chi connectivity index (χ3v) is 8.87. The van der Waals surface area contributed by atoms with Gasteiger partial charge in [0.25, 0.3) is 0 Å². The zero-order valence-electron chi connectivity index (χ0n) is 32.1. The molecule has 0 aromatic rings. The second kappa shape index (κ2) is 37.5. The van der Waals surface area contributed by atoms with E-state index in [1.807, 2.05) is 0 Å². The van der Waals surface area contributed by atoms with Gasteiger partial charge in [-0.2, -0.15) is 0 Å². The van der Waals surface area contributed by atoms with Crippen molar-refractivity contribution >= 4 is 19.8 Å². The van der Waals surface area contributed by atoms with E-state index in [4.69, 9.17) is 24.3 Å².